The van der Waals surface area contributed by atoms with Crippen LogP contribution in [0.25, 0.3) is 0 Å². The highest BCUT2D eigenvalue weighted by Crippen LogP contribution is 2.45. The highest BCUT2D eigenvalue weighted by molar-refractivity contribution is 5.29. The van der Waals surface area contributed by atoms with Gasteiger partial charge in [0.15, 0.2) is 0 Å². The standard InChI is InChI=1S/C18H33N3/c1-14(2)10-18(8-6-7-9-18)13-21-12-16(5)20-17(21)19-11-15(3)4/h12,14-15H,6-11,13H2,1-5H3,(H,19,20). The molecule has 2 rings (SSSR count). The van der Waals surface area contributed by atoms with Crippen molar-refractivity contribution in [3.8, 4) is 0 Å². The number of nitrogens with one attached hydrogen (secondary N) is 1. The molecule has 1 saturated carbocycles. The van der Waals surface area contributed by atoms with Gasteiger partial charge in [0, 0.05) is 19.3 Å². The van der Waals surface area contributed by atoms with Gasteiger partial charge in [0.2, 0.25) is 5.95 Å². The second kappa shape index (κ2) is 6.85. The number of nitrogens with zero attached hydrogens (tertiary/aromatic N) is 2. The average molecular weight is 291 g/mol. The lowest BCUT2D eigenvalue weighted by Gasteiger charge is -2.32. The molecule has 0 unspecified atom stereocenters. The van der Waals surface area contributed by atoms with Gasteiger partial charge in [-0.2, -0.15) is 0 Å². The van der Waals surface area contributed by atoms with E-state index in [0.29, 0.717) is 11.3 Å². The van der Waals surface area contributed by atoms with Crippen molar-refractivity contribution in [3.05, 3.63) is 11.9 Å². The van der Waals surface area contributed by atoms with E-state index in [9.17, 15) is 0 Å². The smallest absolute Gasteiger partial charge is 0.203 e. The third-order valence-electron chi connectivity index (χ3n) is 4.58. The van der Waals surface area contributed by atoms with E-state index in [2.05, 4.69) is 55.7 Å². The lowest BCUT2D eigenvalue weighted by atomic mass is 9.78. The van der Waals surface area contributed by atoms with Gasteiger partial charge in [-0.05, 0) is 43.4 Å². The van der Waals surface area contributed by atoms with E-state index in [0.717, 1.165) is 30.6 Å². The molecule has 1 aliphatic carbocycles. The summed E-state index contributed by atoms with van der Waals surface area (Å²) in [4.78, 5) is 4.69. The lowest BCUT2D eigenvalue weighted by molar-refractivity contribution is 0.198. The van der Waals surface area contributed by atoms with Crippen molar-refractivity contribution in [2.45, 2.75) is 73.3 Å². The minimum absolute atomic E-state index is 0.496. The molecule has 1 aromatic heterocycles. The molecule has 3 nitrogen and oxygen atoms in total. The number of aromatic nitrogens is 2. The van der Waals surface area contributed by atoms with Crippen molar-refractivity contribution in [2.75, 3.05) is 11.9 Å². The fourth-order valence-corrected chi connectivity index (χ4v) is 3.88. The van der Waals surface area contributed by atoms with E-state index in [-0.39, 0.29) is 0 Å². The fraction of sp³-hybridized carbons (Fsp3) is 0.833. The van der Waals surface area contributed by atoms with Gasteiger partial charge in [-0.15, -0.1) is 0 Å². The maximum Gasteiger partial charge on any atom is 0.203 e. The van der Waals surface area contributed by atoms with Gasteiger partial charge < -0.3 is 9.88 Å². The van der Waals surface area contributed by atoms with Crippen molar-refractivity contribution in [2.24, 2.45) is 17.3 Å². The average Bonchev–Trinajstić information content (AvgIpc) is 2.94. The Labute approximate surface area is 130 Å². The maximum atomic E-state index is 4.69. The zero-order valence-corrected chi connectivity index (χ0v) is 14.6. The van der Waals surface area contributed by atoms with Gasteiger partial charge >= 0.3 is 0 Å². The molecule has 3 heteroatoms. The van der Waals surface area contributed by atoms with E-state index in [4.69, 9.17) is 0 Å². The summed E-state index contributed by atoms with van der Waals surface area (Å²) in [5.41, 5.74) is 1.62. The van der Waals surface area contributed by atoms with Crippen LogP contribution in [0.2, 0.25) is 0 Å². The summed E-state index contributed by atoms with van der Waals surface area (Å²) in [6.07, 6.45) is 9.12. The van der Waals surface area contributed by atoms with E-state index < -0.39 is 0 Å². The molecule has 1 aromatic rings. The molecule has 120 valence electrons. The molecular weight excluding hydrogens is 258 g/mol. The summed E-state index contributed by atoms with van der Waals surface area (Å²) in [6.45, 7) is 13.4. The summed E-state index contributed by atoms with van der Waals surface area (Å²) >= 11 is 0. The molecule has 0 aliphatic heterocycles. The number of hydrogen-bond acceptors (Lipinski definition) is 2. The van der Waals surface area contributed by atoms with E-state index >= 15 is 0 Å². The minimum Gasteiger partial charge on any atom is -0.355 e. The Balaban J connectivity index is 2.13. The Morgan fingerprint density at radius 3 is 2.43 bits per heavy atom. The SMILES string of the molecule is Cc1cn(CC2(CC(C)C)CCCC2)c(NCC(C)C)n1. The second-order valence-electron chi connectivity index (χ2n) is 7.91. The zero-order chi connectivity index (χ0) is 15.5. The maximum absolute atomic E-state index is 4.69. The molecule has 1 fully saturated rings. The quantitative estimate of drug-likeness (QED) is 0.777. The molecule has 0 bridgehead atoms. The zero-order valence-electron chi connectivity index (χ0n) is 14.6. The Kier molecular flexibility index (Phi) is 5.34. The molecule has 0 spiro atoms. The van der Waals surface area contributed by atoms with Gasteiger partial charge in [0.1, 0.15) is 0 Å². The Bertz CT molecular complexity index is 439. The van der Waals surface area contributed by atoms with E-state index in [1.807, 2.05) is 0 Å². The van der Waals surface area contributed by atoms with Crippen LogP contribution in [0.15, 0.2) is 6.20 Å². The first-order valence-corrected chi connectivity index (χ1v) is 8.68. The highest BCUT2D eigenvalue weighted by atomic mass is 15.2. The first-order chi connectivity index (χ1) is 9.90. The van der Waals surface area contributed by atoms with Crippen LogP contribution in [0.4, 0.5) is 5.95 Å². The molecule has 0 atom stereocenters. The van der Waals surface area contributed by atoms with Crippen LogP contribution >= 0.6 is 0 Å². The Hall–Kier alpha value is -0.990. The van der Waals surface area contributed by atoms with Gasteiger partial charge in [-0.25, -0.2) is 4.98 Å². The van der Waals surface area contributed by atoms with Crippen LogP contribution < -0.4 is 5.32 Å². The van der Waals surface area contributed by atoms with Gasteiger partial charge in [0.05, 0.1) is 5.69 Å². The topological polar surface area (TPSA) is 29.9 Å². The first kappa shape index (κ1) is 16.4. The van der Waals surface area contributed by atoms with Crippen molar-refractivity contribution >= 4 is 5.95 Å². The van der Waals surface area contributed by atoms with Gasteiger partial charge in [-0.3, -0.25) is 0 Å². The largest absolute Gasteiger partial charge is 0.355 e. The first-order valence-electron chi connectivity index (χ1n) is 8.68. The summed E-state index contributed by atoms with van der Waals surface area (Å²) in [5.74, 6) is 2.49. The van der Waals surface area contributed by atoms with Gasteiger partial charge in [0.25, 0.3) is 0 Å². The molecule has 1 heterocycles. The van der Waals surface area contributed by atoms with Crippen molar-refractivity contribution in [1.82, 2.24) is 9.55 Å². The Morgan fingerprint density at radius 2 is 1.86 bits per heavy atom. The van der Waals surface area contributed by atoms with E-state index in [1.54, 1.807) is 0 Å². The van der Waals surface area contributed by atoms with Crippen LogP contribution in [0, 0.1) is 24.2 Å². The number of aryl methyl sites for hydroxylation is 1. The summed E-state index contributed by atoms with van der Waals surface area (Å²) in [5, 5.41) is 3.53. The van der Waals surface area contributed by atoms with Crippen molar-refractivity contribution < 1.29 is 0 Å². The molecule has 1 aliphatic rings. The highest BCUT2D eigenvalue weighted by Gasteiger charge is 2.35. The summed E-state index contributed by atoms with van der Waals surface area (Å²) in [6, 6.07) is 0. The fourth-order valence-electron chi connectivity index (χ4n) is 3.88. The van der Waals surface area contributed by atoms with Crippen LogP contribution in [-0.2, 0) is 6.54 Å². The van der Waals surface area contributed by atoms with Crippen molar-refractivity contribution in [1.29, 1.82) is 0 Å². The van der Waals surface area contributed by atoms with Crippen LogP contribution in [-0.4, -0.2) is 16.1 Å². The molecule has 0 amide bonds. The van der Waals surface area contributed by atoms with Crippen LogP contribution in [0.1, 0.15) is 65.5 Å². The third-order valence-corrected chi connectivity index (χ3v) is 4.58. The second-order valence-corrected chi connectivity index (χ2v) is 7.91. The normalized spacial score (nSPS) is 17.9. The third kappa shape index (κ3) is 4.49. The lowest BCUT2D eigenvalue weighted by Crippen LogP contribution is -2.26. The number of rotatable bonds is 7. The molecule has 1 N–H and O–H groups in total. The monoisotopic (exact) mass is 291 g/mol. The molecule has 0 radical (unpaired) electrons. The molecule has 0 saturated heterocycles. The van der Waals surface area contributed by atoms with E-state index in [1.165, 1.54) is 32.1 Å². The van der Waals surface area contributed by atoms with Crippen LogP contribution in [0.5, 0.6) is 0 Å². The number of hydrogen-bond donors (Lipinski definition) is 1. The van der Waals surface area contributed by atoms with Crippen molar-refractivity contribution in [3.63, 3.8) is 0 Å². The minimum atomic E-state index is 0.496. The molecule has 0 aromatic carbocycles. The number of anilines is 1. The summed E-state index contributed by atoms with van der Waals surface area (Å²) < 4.78 is 2.38. The predicted octanol–water partition coefficient (Wildman–Crippen LogP) is 4.87. The molecule has 21 heavy (non-hydrogen) atoms. The molecular formula is C18H33N3. The number of imidazole rings is 1. The Morgan fingerprint density at radius 1 is 1.19 bits per heavy atom. The predicted molar refractivity (Wildman–Crippen MR) is 90.6 cm³/mol. The van der Waals surface area contributed by atoms with Crippen LogP contribution in [0.3, 0.4) is 0 Å². The van der Waals surface area contributed by atoms with Gasteiger partial charge in [-0.1, -0.05) is 40.5 Å². The summed E-state index contributed by atoms with van der Waals surface area (Å²) in [7, 11) is 0.